The van der Waals surface area contributed by atoms with Crippen molar-refractivity contribution in [3.63, 3.8) is 0 Å². The highest BCUT2D eigenvalue weighted by molar-refractivity contribution is 5.70. The fraction of sp³-hybridized carbons (Fsp3) is 0.519. The maximum atomic E-state index is 12.7. The van der Waals surface area contributed by atoms with Crippen LogP contribution in [0.4, 0.5) is 0 Å². The molecule has 0 N–H and O–H groups in total. The van der Waals surface area contributed by atoms with E-state index >= 15 is 0 Å². The third-order valence-corrected chi connectivity index (χ3v) is 6.30. The Labute approximate surface area is 198 Å². The number of carbonyl (C=O) groups is 1. The minimum atomic E-state index is -0.122. The van der Waals surface area contributed by atoms with E-state index in [0.29, 0.717) is 13.0 Å². The fourth-order valence-corrected chi connectivity index (χ4v) is 4.39. The number of benzene rings is 2. The van der Waals surface area contributed by atoms with Crippen molar-refractivity contribution in [3.05, 3.63) is 59.7 Å². The van der Waals surface area contributed by atoms with Crippen LogP contribution >= 0.6 is 0 Å². The van der Waals surface area contributed by atoms with Crippen LogP contribution in [-0.2, 0) is 22.6 Å². The molecule has 0 spiro atoms. The lowest BCUT2D eigenvalue weighted by Crippen LogP contribution is -2.47. The van der Waals surface area contributed by atoms with Gasteiger partial charge in [-0.05, 0) is 62.7 Å². The van der Waals surface area contributed by atoms with Gasteiger partial charge in [0.25, 0.3) is 0 Å². The molecule has 1 heterocycles. The number of esters is 1. The van der Waals surface area contributed by atoms with Crippen LogP contribution in [0, 0.1) is 0 Å². The summed E-state index contributed by atoms with van der Waals surface area (Å²) in [6.45, 7) is 4.19. The van der Waals surface area contributed by atoms with Crippen LogP contribution in [-0.4, -0.2) is 69.3 Å². The van der Waals surface area contributed by atoms with Gasteiger partial charge in [-0.2, -0.15) is 0 Å². The normalized spacial score (nSPS) is 15.3. The molecule has 3 rings (SSSR count). The van der Waals surface area contributed by atoms with Crippen LogP contribution in [0.1, 0.15) is 36.8 Å². The average molecular weight is 455 g/mol. The molecule has 0 aromatic heterocycles. The summed E-state index contributed by atoms with van der Waals surface area (Å²) in [7, 11) is 5.44. The summed E-state index contributed by atoms with van der Waals surface area (Å²) in [5.74, 6) is 1.38. The molecule has 2 aromatic carbocycles. The van der Waals surface area contributed by atoms with E-state index in [1.807, 2.05) is 42.5 Å². The zero-order valence-electron chi connectivity index (χ0n) is 20.3. The van der Waals surface area contributed by atoms with Gasteiger partial charge < -0.3 is 19.1 Å². The van der Waals surface area contributed by atoms with Gasteiger partial charge in [-0.25, -0.2) is 0 Å². The molecular formula is C27H38N2O4. The van der Waals surface area contributed by atoms with Crippen molar-refractivity contribution in [1.29, 1.82) is 0 Å². The van der Waals surface area contributed by atoms with Crippen LogP contribution in [0.25, 0.3) is 0 Å². The molecule has 0 radical (unpaired) electrons. The summed E-state index contributed by atoms with van der Waals surface area (Å²) in [4.78, 5) is 17.5. The van der Waals surface area contributed by atoms with Crippen molar-refractivity contribution in [1.82, 2.24) is 9.80 Å². The van der Waals surface area contributed by atoms with Gasteiger partial charge in [-0.3, -0.25) is 9.69 Å². The number of likely N-dealkylation sites (tertiary alicyclic amines) is 1. The van der Waals surface area contributed by atoms with Gasteiger partial charge >= 0.3 is 5.97 Å². The Bertz CT molecular complexity index is 852. The number of rotatable bonds is 12. The Morgan fingerprint density at radius 2 is 1.70 bits per heavy atom. The minimum absolute atomic E-state index is 0.122. The van der Waals surface area contributed by atoms with E-state index in [0.717, 1.165) is 49.7 Å². The van der Waals surface area contributed by atoms with E-state index < -0.39 is 0 Å². The summed E-state index contributed by atoms with van der Waals surface area (Å²) < 4.78 is 16.4. The number of likely N-dealkylation sites (N-methyl/N-ethyl adjacent to an activating group) is 1. The highest BCUT2D eigenvalue weighted by atomic mass is 16.5. The summed E-state index contributed by atoms with van der Waals surface area (Å²) >= 11 is 0. The molecule has 6 heteroatoms. The molecule has 33 heavy (non-hydrogen) atoms. The number of hydrogen-bond donors (Lipinski definition) is 0. The van der Waals surface area contributed by atoms with E-state index in [2.05, 4.69) is 22.9 Å². The van der Waals surface area contributed by atoms with Crippen molar-refractivity contribution < 1.29 is 19.0 Å². The van der Waals surface area contributed by atoms with Gasteiger partial charge in [-0.1, -0.05) is 42.8 Å². The van der Waals surface area contributed by atoms with E-state index in [4.69, 9.17) is 14.2 Å². The number of nitrogens with zero attached hydrogens (tertiary/aromatic N) is 2. The lowest BCUT2D eigenvalue weighted by Gasteiger charge is -2.36. The third-order valence-electron chi connectivity index (χ3n) is 6.30. The molecule has 0 bridgehead atoms. The highest BCUT2D eigenvalue weighted by Crippen LogP contribution is 2.27. The van der Waals surface area contributed by atoms with Crippen molar-refractivity contribution in [2.45, 2.75) is 44.8 Å². The predicted octanol–water partition coefficient (Wildman–Crippen LogP) is 4.17. The lowest BCUT2D eigenvalue weighted by molar-refractivity contribution is -0.146. The molecule has 0 saturated carbocycles. The maximum Gasteiger partial charge on any atom is 0.307 e. The van der Waals surface area contributed by atoms with Gasteiger partial charge in [0, 0.05) is 19.1 Å². The zero-order valence-corrected chi connectivity index (χ0v) is 20.3. The van der Waals surface area contributed by atoms with Crippen LogP contribution in [0.3, 0.4) is 0 Å². The molecule has 1 aliphatic rings. The monoisotopic (exact) mass is 454 g/mol. The molecule has 1 aliphatic heterocycles. The van der Waals surface area contributed by atoms with Crippen LogP contribution in [0.5, 0.6) is 11.5 Å². The quantitative estimate of drug-likeness (QED) is 0.449. The molecule has 1 atom stereocenters. The molecule has 1 unspecified atom stereocenters. The standard InChI is InChI=1S/C27H38N2O4/c1-28(17-14-22-12-13-25(31-2)26(18-22)32-3)20-24(29-15-8-5-9-16-29)19-27(30)33-21-23-10-6-4-7-11-23/h4,6-7,10-13,18,24H,5,8-9,14-17,19-21H2,1-3H3. The smallest absolute Gasteiger partial charge is 0.307 e. The Hall–Kier alpha value is -2.57. The summed E-state index contributed by atoms with van der Waals surface area (Å²) in [5.41, 5.74) is 2.23. The van der Waals surface area contributed by atoms with Gasteiger partial charge in [0.2, 0.25) is 0 Å². The van der Waals surface area contributed by atoms with Crippen molar-refractivity contribution >= 4 is 5.97 Å². The van der Waals surface area contributed by atoms with Crippen LogP contribution in [0.15, 0.2) is 48.5 Å². The summed E-state index contributed by atoms with van der Waals surface area (Å²) in [5, 5.41) is 0. The molecular weight excluding hydrogens is 416 g/mol. The van der Waals surface area contributed by atoms with E-state index in [-0.39, 0.29) is 12.0 Å². The Morgan fingerprint density at radius 1 is 0.970 bits per heavy atom. The van der Waals surface area contributed by atoms with E-state index in [9.17, 15) is 4.79 Å². The molecule has 0 amide bonds. The first-order chi connectivity index (χ1) is 16.1. The van der Waals surface area contributed by atoms with Crippen molar-refractivity contribution in [3.8, 4) is 11.5 Å². The van der Waals surface area contributed by atoms with Gasteiger partial charge in [-0.15, -0.1) is 0 Å². The van der Waals surface area contributed by atoms with Gasteiger partial charge in [0.05, 0.1) is 20.6 Å². The SMILES string of the molecule is COc1ccc(CCN(C)CC(CC(=O)OCc2ccccc2)N2CCCCC2)cc1OC. The van der Waals surface area contributed by atoms with Crippen LogP contribution < -0.4 is 9.47 Å². The average Bonchev–Trinajstić information content (AvgIpc) is 2.86. The fourth-order valence-electron chi connectivity index (χ4n) is 4.39. The second-order valence-electron chi connectivity index (χ2n) is 8.80. The Morgan fingerprint density at radius 3 is 2.39 bits per heavy atom. The molecule has 2 aromatic rings. The predicted molar refractivity (Wildman–Crippen MR) is 131 cm³/mol. The van der Waals surface area contributed by atoms with E-state index in [1.165, 1.54) is 24.8 Å². The zero-order chi connectivity index (χ0) is 23.5. The van der Waals surface area contributed by atoms with Crippen LogP contribution in [0.2, 0.25) is 0 Å². The first kappa shape index (κ1) is 25.1. The van der Waals surface area contributed by atoms with Gasteiger partial charge in [0.15, 0.2) is 11.5 Å². The molecule has 6 nitrogen and oxygen atoms in total. The number of ether oxygens (including phenoxy) is 3. The summed E-state index contributed by atoms with van der Waals surface area (Å²) in [6.07, 6.45) is 5.00. The van der Waals surface area contributed by atoms with E-state index in [1.54, 1.807) is 14.2 Å². The highest BCUT2D eigenvalue weighted by Gasteiger charge is 2.25. The first-order valence-corrected chi connectivity index (χ1v) is 11.9. The number of hydrogen-bond acceptors (Lipinski definition) is 6. The van der Waals surface area contributed by atoms with Gasteiger partial charge in [0.1, 0.15) is 6.61 Å². The number of methoxy groups -OCH3 is 2. The molecule has 180 valence electrons. The number of piperidine rings is 1. The first-order valence-electron chi connectivity index (χ1n) is 11.9. The summed E-state index contributed by atoms with van der Waals surface area (Å²) in [6, 6.07) is 16.1. The lowest BCUT2D eigenvalue weighted by atomic mass is 10.1. The molecule has 1 fully saturated rings. The molecule has 1 saturated heterocycles. The van der Waals surface area contributed by atoms with Crippen molar-refractivity contribution in [2.24, 2.45) is 0 Å². The largest absolute Gasteiger partial charge is 0.493 e. The third kappa shape index (κ3) is 8.06. The van der Waals surface area contributed by atoms with Crippen molar-refractivity contribution in [2.75, 3.05) is 47.4 Å². The Kier molecular flexibility index (Phi) is 10.0. The second-order valence-corrected chi connectivity index (χ2v) is 8.80. The number of carbonyl (C=O) groups excluding carboxylic acids is 1. The topological polar surface area (TPSA) is 51.2 Å². The second kappa shape index (κ2) is 13.2. The Balaban J connectivity index is 1.54. The molecule has 0 aliphatic carbocycles. The maximum absolute atomic E-state index is 12.7. The minimum Gasteiger partial charge on any atom is -0.493 e.